The molecular weight excluding hydrogens is 288 g/mol. The van der Waals surface area contributed by atoms with Gasteiger partial charge in [0.2, 0.25) is 5.91 Å². The third-order valence-electron chi connectivity index (χ3n) is 4.51. The van der Waals surface area contributed by atoms with E-state index in [1.165, 1.54) is 19.3 Å². The molecule has 4 nitrogen and oxygen atoms in total. The molecule has 0 spiro atoms. The van der Waals surface area contributed by atoms with Crippen molar-refractivity contribution in [2.24, 2.45) is 11.8 Å². The zero-order valence-electron chi connectivity index (χ0n) is 11.8. The number of benzene rings is 1. The van der Waals surface area contributed by atoms with Gasteiger partial charge >= 0.3 is 0 Å². The molecule has 1 aromatic rings. The highest BCUT2D eigenvalue weighted by molar-refractivity contribution is 6.33. The van der Waals surface area contributed by atoms with Crippen LogP contribution in [0.4, 0.5) is 5.69 Å². The average molecular weight is 307 g/mol. The normalized spacial score (nSPS) is 23.7. The lowest BCUT2D eigenvalue weighted by Gasteiger charge is -2.26. The summed E-state index contributed by atoms with van der Waals surface area (Å²) >= 11 is 6.07. The van der Waals surface area contributed by atoms with Gasteiger partial charge in [0.15, 0.2) is 0 Å². The lowest BCUT2D eigenvalue weighted by Crippen LogP contribution is -2.37. The van der Waals surface area contributed by atoms with Crippen LogP contribution >= 0.6 is 11.6 Å². The summed E-state index contributed by atoms with van der Waals surface area (Å²) in [6, 6.07) is 7.12. The molecule has 5 heteroatoms. The highest BCUT2D eigenvalue weighted by atomic mass is 35.5. The van der Waals surface area contributed by atoms with Gasteiger partial charge in [0.25, 0.3) is 5.91 Å². The van der Waals surface area contributed by atoms with E-state index in [2.05, 4.69) is 5.43 Å². The molecule has 2 aliphatic rings. The van der Waals surface area contributed by atoms with Crippen molar-refractivity contribution in [3.05, 3.63) is 29.3 Å². The molecule has 1 saturated heterocycles. The number of hydrogen-bond donors (Lipinski definition) is 1. The Bertz CT molecular complexity index is 555. The van der Waals surface area contributed by atoms with Gasteiger partial charge in [-0.05, 0) is 30.9 Å². The van der Waals surface area contributed by atoms with Gasteiger partial charge in [-0.2, -0.15) is 5.01 Å². The smallest absolute Gasteiger partial charge is 0.252 e. The molecule has 1 aliphatic carbocycles. The van der Waals surface area contributed by atoms with E-state index in [0.29, 0.717) is 23.0 Å². The Morgan fingerprint density at radius 1 is 1.10 bits per heavy atom. The monoisotopic (exact) mass is 306 g/mol. The van der Waals surface area contributed by atoms with Gasteiger partial charge in [-0.25, -0.2) is 0 Å². The van der Waals surface area contributed by atoms with Crippen LogP contribution in [0.25, 0.3) is 0 Å². The fourth-order valence-electron chi connectivity index (χ4n) is 3.35. The second-order valence-corrected chi connectivity index (χ2v) is 6.27. The van der Waals surface area contributed by atoms with Crippen LogP contribution in [0.15, 0.2) is 24.3 Å². The van der Waals surface area contributed by atoms with Gasteiger partial charge in [-0.3, -0.25) is 15.0 Å². The van der Waals surface area contributed by atoms with Gasteiger partial charge in [0.1, 0.15) is 0 Å². The summed E-state index contributed by atoms with van der Waals surface area (Å²) in [6.07, 6.45) is 6.02. The van der Waals surface area contributed by atoms with E-state index >= 15 is 0 Å². The molecule has 1 aliphatic heterocycles. The summed E-state index contributed by atoms with van der Waals surface area (Å²) in [4.78, 5) is 24.7. The first kappa shape index (κ1) is 14.4. The number of rotatable bonds is 3. The number of nitrogens with one attached hydrogen (secondary N) is 1. The molecule has 0 bridgehead atoms. The molecule has 1 atom stereocenters. The van der Waals surface area contributed by atoms with Crippen molar-refractivity contribution in [1.29, 1.82) is 0 Å². The molecular formula is C16H19ClN2O2. The lowest BCUT2D eigenvalue weighted by atomic mass is 9.79. The third-order valence-corrected chi connectivity index (χ3v) is 4.84. The summed E-state index contributed by atoms with van der Waals surface area (Å²) in [6.45, 7) is 0. The topological polar surface area (TPSA) is 49.4 Å². The Labute approximate surface area is 129 Å². The van der Waals surface area contributed by atoms with E-state index in [0.717, 1.165) is 17.9 Å². The molecule has 0 aromatic heterocycles. The summed E-state index contributed by atoms with van der Waals surface area (Å²) in [5.41, 5.74) is 3.47. The second-order valence-electron chi connectivity index (χ2n) is 5.87. The molecule has 21 heavy (non-hydrogen) atoms. The fraction of sp³-hybridized carbons (Fsp3) is 0.500. The van der Waals surface area contributed by atoms with E-state index in [4.69, 9.17) is 11.6 Å². The summed E-state index contributed by atoms with van der Waals surface area (Å²) in [5, 5.41) is 1.65. The first-order valence-electron chi connectivity index (χ1n) is 7.55. The van der Waals surface area contributed by atoms with E-state index in [1.807, 2.05) is 12.1 Å². The Hall–Kier alpha value is -1.55. The van der Waals surface area contributed by atoms with Crippen molar-refractivity contribution in [1.82, 2.24) is 5.01 Å². The minimum Gasteiger partial charge on any atom is -0.287 e. The summed E-state index contributed by atoms with van der Waals surface area (Å²) < 4.78 is 0. The number of halogens is 1. The standard InChI is InChI=1S/C16H19ClN2O2/c17-13-8-4-5-9-14(13)18-19-15(20)10-12(16(19)21)11-6-2-1-3-7-11/h4-5,8-9,11-12,18H,1-3,6-7,10H2. The van der Waals surface area contributed by atoms with Crippen LogP contribution < -0.4 is 5.43 Å². The van der Waals surface area contributed by atoms with Gasteiger partial charge in [-0.1, -0.05) is 43.0 Å². The van der Waals surface area contributed by atoms with Gasteiger partial charge in [-0.15, -0.1) is 0 Å². The number of hydrazine groups is 1. The number of para-hydroxylation sites is 1. The molecule has 0 radical (unpaired) electrons. The highest BCUT2D eigenvalue weighted by Gasteiger charge is 2.43. The first-order chi connectivity index (χ1) is 10.2. The molecule has 2 fully saturated rings. The largest absolute Gasteiger partial charge is 0.287 e. The van der Waals surface area contributed by atoms with Crippen LogP contribution in [0, 0.1) is 11.8 Å². The average Bonchev–Trinajstić information content (AvgIpc) is 2.78. The number of carbonyl (C=O) groups excluding carboxylic acids is 2. The Balaban J connectivity index is 1.73. The van der Waals surface area contributed by atoms with Crippen LogP contribution in [0.3, 0.4) is 0 Å². The highest BCUT2D eigenvalue weighted by Crippen LogP contribution is 2.36. The molecule has 1 unspecified atom stereocenters. The number of nitrogens with zero attached hydrogens (tertiary/aromatic N) is 1. The van der Waals surface area contributed by atoms with Crippen molar-refractivity contribution in [2.45, 2.75) is 38.5 Å². The van der Waals surface area contributed by atoms with Crippen LogP contribution in [0.2, 0.25) is 5.02 Å². The Morgan fingerprint density at radius 3 is 2.52 bits per heavy atom. The quantitative estimate of drug-likeness (QED) is 0.868. The van der Waals surface area contributed by atoms with Crippen molar-refractivity contribution < 1.29 is 9.59 Å². The minimum absolute atomic E-state index is 0.105. The molecule has 112 valence electrons. The predicted octanol–water partition coefficient (Wildman–Crippen LogP) is 3.62. The summed E-state index contributed by atoms with van der Waals surface area (Å²) in [7, 11) is 0. The lowest BCUT2D eigenvalue weighted by molar-refractivity contribution is -0.138. The van der Waals surface area contributed by atoms with Crippen molar-refractivity contribution in [3.63, 3.8) is 0 Å². The third kappa shape index (κ3) is 2.91. The number of amides is 2. The number of hydrogen-bond acceptors (Lipinski definition) is 3. The van der Waals surface area contributed by atoms with Crippen LogP contribution in [-0.2, 0) is 9.59 Å². The zero-order valence-corrected chi connectivity index (χ0v) is 12.6. The zero-order chi connectivity index (χ0) is 14.8. The number of anilines is 1. The van der Waals surface area contributed by atoms with Crippen LogP contribution in [0.5, 0.6) is 0 Å². The maximum absolute atomic E-state index is 12.5. The fourth-order valence-corrected chi connectivity index (χ4v) is 3.53. The Kier molecular flexibility index (Phi) is 4.15. The van der Waals surface area contributed by atoms with E-state index in [-0.39, 0.29) is 17.7 Å². The summed E-state index contributed by atoms with van der Waals surface area (Å²) in [5.74, 6) is -0.0663. The van der Waals surface area contributed by atoms with Crippen LogP contribution in [-0.4, -0.2) is 16.8 Å². The predicted molar refractivity (Wildman–Crippen MR) is 81.6 cm³/mol. The maximum atomic E-state index is 12.5. The van der Waals surface area contributed by atoms with Gasteiger partial charge < -0.3 is 0 Å². The van der Waals surface area contributed by atoms with Crippen molar-refractivity contribution in [3.8, 4) is 0 Å². The molecule has 1 heterocycles. The maximum Gasteiger partial charge on any atom is 0.252 e. The molecule has 2 amide bonds. The SMILES string of the molecule is O=C1CC(C2CCCCC2)C(=O)N1Nc1ccccc1Cl. The van der Waals surface area contributed by atoms with E-state index in [1.54, 1.807) is 12.1 Å². The van der Waals surface area contributed by atoms with E-state index in [9.17, 15) is 9.59 Å². The molecule has 1 N–H and O–H groups in total. The van der Waals surface area contributed by atoms with Crippen molar-refractivity contribution >= 4 is 29.1 Å². The minimum atomic E-state index is -0.159. The van der Waals surface area contributed by atoms with Crippen LogP contribution in [0.1, 0.15) is 38.5 Å². The number of imide groups is 1. The Morgan fingerprint density at radius 2 is 1.81 bits per heavy atom. The van der Waals surface area contributed by atoms with Gasteiger partial charge in [0.05, 0.1) is 16.6 Å². The van der Waals surface area contributed by atoms with Gasteiger partial charge in [0, 0.05) is 6.42 Å². The first-order valence-corrected chi connectivity index (χ1v) is 7.92. The van der Waals surface area contributed by atoms with Crippen molar-refractivity contribution in [2.75, 3.05) is 5.43 Å². The molecule has 1 saturated carbocycles. The molecule has 3 rings (SSSR count). The molecule has 1 aromatic carbocycles. The second kappa shape index (κ2) is 6.06. The number of carbonyl (C=O) groups is 2. The van der Waals surface area contributed by atoms with E-state index < -0.39 is 0 Å².